The van der Waals surface area contributed by atoms with E-state index in [2.05, 4.69) is 54.6 Å². The van der Waals surface area contributed by atoms with Gasteiger partial charge in [-0.2, -0.15) is 0 Å². The fourth-order valence-electron chi connectivity index (χ4n) is 7.08. The lowest BCUT2D eigenvalue weighted by atomic mass is 9.59. The van der Waals surface area contributed by atoms with Crippen LogP contribution >= 0.6 is 11.3 Å². The molecule has 0 aliphatic carbocycles. The van der Waals surface area contributed by atoms with E-state index in [4.69, 9.17) is 78.5 Å². The van der Waals surface area contributed by atoms with Crippen molar-refractivity contribution in [2.24, 2.45) is 0 Å². The summed E-state index contributed by atoms with van der Waals surface area (Å²) < 4.78 is 2.19. The van der Waals surface area contributed by atoms with Gasteiger partial charge in [0, 0.05) is 20.2 Å². The summed E-state index contributed by atoms with van der Waals surface area (Å²) in [5.74, 6) is 0. The van der Waals surface area contributed by atoms with E-state index in [1.54, 1.807) is 11.3 Å². The zero-order chi connectivity index (χ0) is 34.5. The number of hydrogen-bond donors (Lipinski definition) is 0. The number of thiophene rings is 1. The molecule has 20 radical (unpaired) electrons. The summed E-state index contributed by atoms with van der Waals surface area (Å²) >= 11 is 1.68. The van der Waals surface area contributed by atoms with Crippen molar-refractivity contribution in [3.8, 4) is 33.4 Å². The van der Waals surface area contributed by atoms with Crippen molar-refractivity contribution in [3.05, 3.63) is 84.9 Å². The third-order valence-electron chi connectivity index (χ3n) is 9.63. The molecule has 0 N–H and O–H groups in total. The van der Waals surface area contributed by atoms with Gasteiger partial charge in [-0.3, -0.25) is 0 Å². The lowest BCUT2D eigenvalue weighted by Crippen LogP contribution is -2.55. The minimum atomic E-state index is 0.182. The van der Waals surface area contributed by atoms with Gasteiger partial charge in [-0.1, -0.05) is 88.6 Å². The van der Waals surface area contributed by atoms with Gasteiger partial charge in [0.1, 0.15) is 78.5 Å². The molecule has 0 atom stereocenters. The molecule has 0 saturated heterocycles. The highest BCUT2D eigenvalue weighted by atomic mass is 32.1. The average molecular weight is 611 g/mol. The van der Waals surface area contributed by atoms with Crippen LogP contribution in [-0.2, 0) is 0 Å². The number of hydrogen-bond acceptors (Lipinski definition) is 1. The van der Waals surface area contributed by atoms with E-state index < -0.39 is 0 Å². The van der Waals surface area contributed by atoms with E-state index in [1.165, 1.54) is 0 Å². The largest absolute Gasteiger partial charge is 0.135 e. The molecule has 0 aliphatic rings. The van der Waals surface area contributed by atoms with Gasteiger partial charge >= 0.3 is 0 Å². The minimum Gasteiger partial charge on any atom is -0.135 e. The van der Waals surface area contributed by atoms with Gasteiger partial charge < -0.3 is 0 Å². The Morgan fingerprint density at radius 1 is 0.286 bits per heavy atom. The third kappa shape index (κ3) is 4.72. The fourth-order valence-corrected chi connectivity index (χ4v) is 8.20. The maximum Gasteiger partial charge on any atom is 0.113 e. The molecule has 0 nitrogen and oxygen atoms in total. The SMILES string of the molecule is [B]c1c([B])c([B])c(-c2ccc3c(c2)sc2ccc(-c4c5ccccc5c(-c5c([B])c([B])c([B])c([B])c5[B])c5ccccc45)cc23)c([B])c1[B]. The normalized spacial score (nSPS) is 11.7. The van der Waals surface area contributed by atoms with Crippen molar-refractivity contribution < 1.29 is 0 Å². The molecule has 1 heterocycles. The Morgan fingerprint density at radius 3 is 1.20 bits per heavy atom. The molecule has 49 heavy (non-hydrogen) atoms. The topological polar surface area (TPSA) is 0 Å². The van der Waals surface area contributed by atoms with Gasteiger partial charge in [0.2, 0.25) is 0 Å². The number of rotatable bonds is 3. The molecular weight excluding hydrogens is 597 g/mol. The van der Waals surface area contributed by atoms with Gasteiger partial charge in [-0.15, -0.1) is 44.1 Å². The van der Waals surface area contributed by atoms with E-state index >= 15 is 0 Å². The highest BCUT2D eigenvalue weighted by molar-refractivity contribution is 7.25. The highest BCUT2D eigenvalue weighted by Crippen LogP contribution is 2.45. The Morgan fingerprint density at radius 2 is 0.694 bits per heavy atom. The molecule has 1 aromatic heterocycles. The monoisotopic (exact) mass is 612 g/mol. The van der Waals surface area contributed by atoms with Crippen LogP contribution in [0, 0.1) is 0 Å². The van der Waals surface area contributed by atoms with Crippen LogP contribution in [0.1, 0.15) is 0 Å². The van der Waals surface area contributed by atoms with Crippen molar-refractivity contribution in [3.63, 3.8) is 0 Å². The molecule has 0 saturated carbocycles. The minimum absolute atomic E-state index is 0.182. The summed E-state index contributed by atoms with van der Waals surface area (Å²) in [5, 5.41) is 6.17. The molecule has 0 unspecified atom stereocenters. The van der Waals surface area contributed by atoms with Crippen LogP contribution in [0.3, 0.4) is 0 Å². The Labute approximate surface area is 302 Å². The summed E-state index contributed by atoms with van der Waals surface area (Å²) in [7, 11) is 63.3. The second-order valence-corrected chi connectivity index (χ2v) is 13.3. The first-order valence-electron chi connectivity index (χ1n) is 15.4. The standard InChI is InChI=1S/C38H14B10S/c39-29-26(30(40)34(44)37(47)33(29)43)16-9-11-17-22-13-15(10-12-23(22)49-24(17)14-16)25-18-5-1-3-7-20(18)27(21-8-4-2-6-19(21)25)28-31(41)35(45)38(48)36(46)32(28)42/h1-14H. The van der Waals surface area contributed by atoms with Gasteiger partial charge in [-0.05, 0) is 73.1 Å². The van der Waals surface area contributed by atoms with Crippen molar-refractivity contribution in [1.29, 1.82) is 0 Å². The first-order valence-corrected chi connectivity index (χ1v) is 16.2. The lowest BCUT2D eigenvalue weighted by Gasteiger charge is -2.25. The maximum atomic E-state index is 6.63. The first-order chi connectivity index (χ1) is 23.5. The average Bonchev–Trinajstić information content (AvgIpc) is 3.48. The molecule has 7 aromatic carbocycles. The van der Waals surface area contributed by atoms with Crippen LogP contribution in [0.25, 0.3) is 75.1 Å². The Bertz CT molecular complexity index is 2620. The van der Waals surface area contributed by atoms with Crippen LogP contribution in [0.15, 0.2) is 84.9 Å². The van der Waals surface area contributed by atoms with Gasteiger partial charge in [0.15, 0.2) is 0 Å². The number of fused-ring (bicyclic) bond motifs is 5. The predicted molar refractivity (Wildman–Crippen MR) is 225 cm³/mol. The highest BCUT2D eigenvalue weighted by Gasteiger charge is 2.21. The van der Waals surface area contributed by atoms with E-state index in [0.29, 0.717) is 33.0 Å². The summed E-state index contributed by atoms with van der Waals surface area (Å²) in [6.07, 6.45) is 0. The maximum absolute atomic E-state index is 6.63. The molecule has 0 bridgehead atoms. The van der Waals surface area contributed by atoms with Crippen molar-refractivity contribution in [2.75, 3.05) is 0 Å². The second kappa shape index (κ2) is 11.8. The molecule has 8 rings (SSSR count). The van der Waals surface area contributed by atoms with Gasteiger partial charge in [-0.25, -0.2) is 0 Å². The predicted octanol–water partition coefficient (Wildman–Crippen LogP) is -0.700. The smallest absolute Gasteiger partial charge is 0.113 e. The van der Waals surface area contributed by atoms with Gasteiger partial charge in [0.05, 0.1) is 0 Å². The molecule has 11 heteroatoms. The molecule has 0 amide bonds. The van der Waals surface area contributed by atoms with E-state index in [-0.39, 0.29) is 32.8 Å². The van der Waals surface area contributed by atoms with Crippen molar-refractivity contribution in [2.45, 2.75) is 0 Å². The van der Waals surface area contributed by atoms with E-state index in [9.17, 15) is 0 Å². The van der Waals surface area contributed by atoms with E-state index in [1.807, 2.05) is 30.3 Å². The Kier molecular flexibility index (Phi) is 7.72. The Balaban J connectivity index is 1.38. The fraction of sp³-hybridized carbons (Fsp3) is 0. The molecular formula is C38H14B10S. The summed E-state index contributed by atoms with van der Waals surface area (Å²) in [6, 6.07) is 29.1. The van der Waals surface area contributed by atoms with Crippen LogP contribution in [0.2, 0.25) is 0 Å². The van der Waals surface area contributed by atoms with Crippen LogP contribution in [0.5, 0.6) is 0 Å². The lowest BCUT2D eigenvalue weighted by molar-refractivity contribution is 1.71. The Hall–Kier alpha value is -4.07. The van der Waals surface area contributed by atoms with Crippen LogP contribution in [0.4, 0.5) is 0 Å². The van der Waals surface area contributed by atoms with Crippen LogP contribution < -0.4 is 54.6 Å². The zero-order valence-electron chi connectivity index (χ0n) is 26.3. The number of benzene rings is 7. The van der Waals surface area contributed by atoms with E-state index in [0.717, 1.165) is 64.0 Å². The zero-order valence-corrected chi connectivity index (χ0v) is 27.1. The van der Waals surface area contributed by atoms with Crippen molar-refractivity contribution >= 4 is 186 Å². The quantitative estimate of drug-likeness (QED) is 0.184. The summed E-state index contributed by atoms with van der Waals surface area (Å²) in [5.41, 5.74) is 7.40. The second-order valence-electron chi connectivity index (χ2n) is 12.3. The molecule has 0 fully saturated rings. The molecule has 0 spiro atoms. The summed E-state index contributed by atoms with van der Waals surface area (Å²) in [6.45, 7) is 0. The molecule has 202 valence electrons. The molecule has 8 aromatic rings. The van der Waals surface area contributed by atoms with Crippen LogP contribution in [-0.4, -0.2) is 78.5 Å². The van der Waals surface area contributed by atoms with Crippen molar-refractivity contribution in [1.82, 2.24) is 0 Å². The van der Waals surface area contributed by atoms with Gasteiger partial charge in [0.25, 0.3) is 0 Å². The summed E-state index contributed by atoms with van der Waals surface area (Å²) in [4.78, 5) is 0. The third-order valence-corrected chi connectivity index (χ3v) is 10.8. The first kappa shape index (κ1) is 32.2. The molecule has 0 aliphatic heterocycles.